The zero-order valence-corrected chi connectivity index (χ0v) is 18.9. The molecule has 0 bridgehead atoms. The lowest BCUT2D eigenvalue weighted by Crippen LogP contribution is -2.52. The van der Waals surface area contributed by atoms with Gasteiger partial charge in [-0.3, -0.25) is 9.59 Å². The molecule has 1 aromatic heterocycles. The number of hydrogen-bond acceptors (Lipinski definition) is 4. The molecule has 6 nitrogen and oxygen atoms in total. The molecule has 3 saturated heterocycles. The lowest BCUT2D eigenvalue weighted by Gasteiger charge is -2.37. The van der Waals surface area contributed by atoms with Crippen molar-refractivity contribution in [1.29, 1.82) is 0 Å². The van der Waals surface area contributed by atoms with E-state index < -0.39 is 29.5 Å². The topological polar surface area (TPSA) is 63.0 Å². The van der Waals surface area contributed by atoms with Gasteiger partial charge in [0.2, 0.25) is 0 Å². The second-order valence-electron chi connectivity index (χ2n) is 9.15. The highest BCUT2D eigenvalue weighted by Gasteiger charge is 2.58. The van der Waals surface area contributed by atoms with Crippen LogP contribution in [0.3, 0.4) is 0 Å². The van der Waals surface area contributed by atoms with Crippen LogP contribution in [0.1, 0.15) is 43.0 Å². The van der Waals surface area contributed by atoms with E-state index in [4.69, 9.17) is 9.15 Å². The van der Waals surface area contributed by atoms with Gasteiger partial charge in [0.1, 0.15) is 23.9 Å². The quantitative estimate of drug-likeness (QED) is 0.590. The van der Waals surface area contributed by atoms with Crippen molar-refractivity contribution < 1.29 is 27.5 Å². The Bertz CT molecular complexity index is 1220. The number of allylic oxidation sites excluding steroid dienone is 3. The second-order valence-corrected chi connectivity index (χ2v) is 9.15. The van der Waals surface area contributed by atoms with E-state index in [0.29, 0.717) is 55.5 Å². The van der Waals surface area contributed by atoms with Crippen molar-refractivity contribution in [2.75, 3.05) is 13.1 Å². The Morgan fingerprint density at radius 3 is 2.65 bits per heavy atom. The molecule has 2 aromatic rings. The third-order valence-electron chi connectivity index (χ3n) is 6.98. The standard InChI is InChI=1S/C26H26F2N2O4/c1-16(13-18(28)14-17(2)27)21-7-8-23-30(21)25(32)26(34-23)9-11-29(12-10-26)24(31)20-15-33-22-6-4-3-5-19(20)22/h3-6,13-15,21,23H,1,7-12H2,2H3/b17-14+,18-13+/t21-,23+/m0/s1. The third kappa shape index (κ3) is 3.76. The van der Waals surface area contributed by atoms with Crippen molar-refractivity contribution in [2.24, 2.45) is 0 Å². The summed E-state index contributed by atoms with van der Waals surface area (Å²) in [6, 6.07) is 6.98. The minimum Gasteiger partial charge on any atom is -0.463 e. The monoisotopic (exact) mass is 468 g/mol. The summed E-state index contributed by atoms with van der Waals surface area (Å²) in [6.07, 6.45) is 5.03. The summed E-state index contributed by atoms with van der Waals surface area (Å²) >= 11 is 0. The van der Waals surface area contributed by atoms with Gasteiger partial charge < -0.3 is 19.0 Å². The summed E-state index contributed by atoms with van der Waals surface area (Å²) in [4.78, 5) is 30.0. The van der Waals surface area contributed by atoms with Gasteiger partial charge in [-0.25, -0.2) is 8.78 Å². The molecule has 1 aromatic carbocycles. The predicted octanol–water partition coefficient (Wildman–Crippen LogP) is 5.04. The number of amides is 2. The average molecular weight is 469 g/mol. The van der Waals surface area contributed by atoms with Gasteiger partial charge in [0.05, 0.1) is 17.4 Å². The Balaban J connectivity index is 1.28. The summed E-state index contributed by atoms with van der Waals surface area (Å²) in [6.45, 7) is 5.84. The Kier molecular flexibility index (Phi) is 5.64. The van der Waals surface area contributed by atoms with E-state index in [1.165, 1.54) is 12.3 Å². The molecule has 34 heavy (non-hydrogen) atoms. The molecule has 2 amide bonds. The Labute approximate surface area is 196 Å². The number of benzene rings is 1. The van der Waals surface area contributed by atoms with Crippen LogP contribution in [0, 0.1) is 0 Å². The number of nitrogens with zero attached hydrogens (tertiary/aromatic N) is 2. The van der Waals surface area contributed by atoms with Crippen LogP contribution in [-0.2, 0) is 9.53 Å². The number of fused-ring (bicyclic) bond motifs is 2. The van der Waals surface area contributed by atoms with E-state index in [0.717, 1.165) is 18.4 Å². The van der Waals surface area contributed by atoms with Gasteiger partial charge in [0.25, 0.3) is 11.8 Å². The maximum Gasteiger partial charge on any atom is 0.257 e. The molecule has 3 aliphatic heterocycles. The normalized spacial score (nSPS) is 24.9. The number of carbonyl (C=O) groups is 2. The first-order valence-corrected chi connectivity index (χ1v) is 11.4. The van der Waals surface area contributed by atoms with Crippen molar-refractivity contribution in [3.63, 3.8) is 0 Å². The summed E-state index contributed by atoms with van der Waals surface area (Å²) in [7, 11) is 0. The third-order valence-corrected chi connectivity index (χ3v) is 6.98. The van der Waals surface area contributed by atoms with Crippen LogP contribution in [0.25, 0.3) is 11.0 Å². The molecular weight excluding hydrogens is 442 g/mol. The van der Waals surface area contributed by atoms with E-state index in [9.17, 15) is 18.4 Å². The van der Waals surface area contributed by atoms with Gasteiger partial charge in [0, 0.05) is 37.4 Å². The van der Waals surface area contributed by atoms with Crippen LogP contribution in [0.15, 0.2) is 70.9 Å². The molecule has 3 fully saturated rings. The second kappa shape index (κ2) is 8.51. The van der Waals surface area contributed by atoms with E-state index in [1.807, 2.05) is 24.3 Å². The minimum atomic E-state index is -0.990. The van der Waals surface area contributed by atoms with Crippen LogP contribution in [0.4, 0.5) is 8.78 Å². The fraction of sp³-hybridized carbons (Fsp3) is 0.385. The Hall–Kier alpha value is -3.26. The van der Waals surface area contributed by atoms with Gasteiger partial charge in [-0.15, -0.1) is 0 Å². The van der Waals surface area contributed by atoms with Crippen LogP contribution in [0.5, 0.6) is 0 Å². The molecule has 0 saturated carbocycles. The molecule has 8 heteroatoms. The van der Waals surface area contributed by atoms with Crippen LogP contribution < -0.4 is 0 Å². The maximum atomic E-state index is 14.0. The number of rotatable bonds is 4. The van der Waals surface area contributed by atoms with E-state index in [2.05, 4.69) is 6.58 Å². The van der Waals surface area contributed by atoms with Gasteiger partial charge in [0.15, 0.2) is 5.60 Å². The molecule has 178 valence electrons. The highest BCUT2D eigenvalue weighted by Crippen LogP contribution is 2.44. The molecule has 0 radical (unpaired) electrons. The minimum absolute atomic E-state index is 0.131. The molecule has 0 aliphatic carbocycles. The number of hydrogen-bond donors (Lipinski definition) is 0. The SMILES string of the molecule is C=C(/C=C(F)\C=C(/C)F)[C@@H]1CC[C@H]2OC3(CCN(C(=O)c4coc5ccccc45)CC3)C(=O)N21. The number of para-hydroxylation sites is 1. The van der Waals surface area contributed by atoms with E-state index >= 15 is 0 Å². The number of halogens is 2. The summed E-state index contributed by atoms with van der Waals surface area (Å²) in [5, 5.41) is 0.765. The summed E-state index contributed by atoms with van der Waals surface area (Å²) < 4.78 is 38.7. The van der Waals surface area contributed by atoms with Gasteiger partial charge >= 0.3 is 0 Å². The highest BCUT2D eigenvalue weighted by atomic mass is 19.1. The number of furan rings is 1. The lowest BCUT2D eigenvalue weighted by atomic mass is 9.89. The Morgan fingerprint density at radius 1 is 1.18 bits per heavy atom. The molecule has 3 aliphatic rings. The van der Waals surface area contributed by atoms with Crippen molar-refractivity contribution >= 4 is 22.8 Å². The van der Waals surface area contributed by atoms with Crippen LogP contribution in [-0.4, -0.2) is 52.6 Å². The summed E-state index contributed by atoms with van der Waals surface area (Å²) in [5.41, 5.74) is 0.582. The van der Waals surface area contributed by atoms with Gasteiger partial charge in [-0.05, 0) is 37.5 Å². The predicted molar refractivity (Wildman–Crippen MR) is 122 cm³/mol. The molecule has 4 heterocycles. The first-order chi connectivity index (χ1) is 16.3. The van der Waals surface area contributed by atoms with Gasteiger partial charge in [-0.1, -0.05) is 24.8 Å². The first-order valence-electron chi connectivity index (χ1n) is 11.4. The van der Waals surface area contributed by atoms with Gasteiger partial charge in [-0.2, -0.15) is 0 Å². The van der Waals surface area contributed by atoms with Crippen molar-refractivity contribution in [1.82, 2.24) is 9.80 Å². The van der Waals surface area contributed by atoms with Crippen molar-refractivity contribution in [2.45, 2.75) is 50.5 Å². The smallest absolute Gasteiger partial charge is 0.257 e. The number of ether oxygens (including phenoxy) is 1. The molecule has 2 atom stereocenters. The van der Waals surface area contributed by atoms with Crippen molar-refractivity contribution in [3.8, 4) is 0 Å². The molecule has 5 rings (SSSR count). The molecule has 0 unspecified atom stereocenters. The number of piperidine rings is 1. The van der Waals surface area contributed by atoms with E-state index in [1.54, 1.807) is 9.80 Å². The molecular formula is C26H26F2N2O4. The largest absolute Gasteiger partial charge is 0.463 e. The van der Waals surface area contributed by atoms with Crippen molar-refractivity contribution in [3.05, 3.63) is 72.0 Å². The maximum absolute atomic E-state index is 14.0. The molecule has 1 spiro atoms. The Morgan fingerprint density at radius 2 is 1.91 bits per heavy atom. The van der Waals surface area contributed by atoms with Crippen LogP contribution in [0.2, 0.25) is 0 Å². The molecule has 0 N–H and O–H groups in total. The van der Waals surface area contributed by atoms with Crippen LogP contribution >= 0.6 is 0 Å². The summed E-state index contributed by atoms with van der Waals surface area (Å²) in [5.74, 6) is -1.66. The average Bonchev–Trinajstić information content (AvgIpc) is 3.48. The number of likely N-dealkylation sites (tertiary alicyclic amines) is 1. The lowest BCUT2D eigenvalue weighted by molar-refractivity contribution is -0.142. The zero-order chi connectivity index (χ0) is 24.0. The first kappa shape index (κ1) is 22.5. The van der Waals surface area contributed by atoms with E-state index in [-0.39, 0.29) is 11.8 Å². The fourth-order valence-corrected chi connectivity index (χ4v) is 5.30. The zero-order valence-electron chi connectivity index (χ0n) is 18.9. The highest BCUT2D eigenvalue weighted by molar-refractivity contribution is 6.06. The fourth-order valence-electron chi connectivity index (χ4n) is 5.30. The number of carbonyl (C=O) groups excluding carboxylic acids is 2.